The molecule has 0 aromatic heterocycles. The topological polar surface area (TPSA) is 24.4 Å². The van der Waals surface area contributed by atoms with Crippen molar-refractivity contribution in [1.82, 2.24) is 5.43 Å². The SMILES string of the molecule is CC1(/C=N/NC2CCCC2)CC1. The molecule has 2 aliphatic carbocycles. The summed E-state index contributed by atoms with van der Waals surface area (Å²) in [5.41, 5.74) is 3.70. The van der Waals surface area contributed by atoms with Crippen molar-refractivity contribution in [2.24, 2.45) is 10.5 Å². The van der Waals surface area contributed by atoms with Crippen LogP contribution < -0.4 is 5.43 Å². The number of hydrazone groups is 1. The molecule has 0 aromatic carbocycles. The van der Waals surface area contributed by atoms with Gasteiger partial charge in [-0.1, -0.05) is 19.8 Å². The summed E-state index contributed by atoms with van der Waals surface area (Å²) >= 11 is 0. The Morgan fingerprint density at radius 2 is 2.00 bits per heavy atom. The van der Waals surface area contributed by atoms with Gasteiger partial charge in [-0.3, -0.25) is 0 Å². The zero-order valence-corrected chi connectivity index (χ0v) is 7.84. The van der Waals surface area contributed by atoms with E-state index in [-0.39, 0.29) is 0 Å². The molecule has 0 amide bonds. The van der Waals surface area contributed by atoms with Crippen LogP contribution >= 0.6 is 0 Å². The van der Waals surface area contributed by atoms with Gasteiger partial charge in [0.25, 0.3) is 0 Å². The molecule has 2 nitrogen and oxygen atoms in total. The minimum absolute atomic E-state index is 0.450. The molecule has 2 fully saturated rings. The van der Waals surface area contributed by atoms with Gasteiger partial charge in [0.15, 0.2) is 0 Å². The minimum Gasteiger partial charge on any atom is -0.307 e. The van der Waals surface area contributed by atoms with Gasteiger partial charge in [-0.2, -0.15) is 5.10 Å². The second-order valence-corrected chi connectivity index (χ2v) is 4.52. The zero-order chi connectivity index (χ0) is 8.44. The molecule has 0 aliphatic heterocycles. The molecule has 2 saturated carbocycles. The highest BCUT2D eigenvalue weighted by Gasteiger charge is 2.35. The van der Waals surface area contributed by atoms with Gasteiger partial charge in [0.2, 0.25) is 0 Å². The lowest BCUT2D eigenvalue weighted by molar-refractivity contribution is 0.545. The maximum atomic E-state index is 4.31. The van der Waals surface area contributed by atoms with Crippen molar-refractivity contribution in [3.8, 4) is 0 Å². The Kier molecular flexibility index (Phi) is 2.07. The molecular weight excluding hydrogens is 148 g/mol. The van der Waals surface area contributed by atoms with Gasteiger partial charge in [0.05, 0.1) is 0 Å². The smallest absolute Gasteiger partial charge is 0.0440 e. The van der Waals surface area contributed by atoms with Gasteiger partial charge >= 0.3 is 0 Å². The second kappa shape index (κ2) is 3.08. The van der Waals surface area contributed by atoms with Crippen molar-refractivity contribution < 1.29 is 0 Å². The largest absolute Gasteiger partial charge is 0.307 e. The van der Waals surface area contributed by atoms with Crippen LogP contribution in [0.2, 0.25) is 0 Å². The summed E-state index contributed by atoms with van der Waals surface area (Å²) in [6, 6.07) is 0.670. The van der Waals surface area contributed by atoms with E-state index in [1.165, 1.54) is 38.5 Å². The van der Waals surface area contributed by atoms with Gasteiger partial charge in [-0.15, -0.1) is 0 Å². The highest BCUT2D eigenvalue weighted by molar-refractivity contribution is 5.68. The maximum absolute atomic E-state index is 4.31. The van der Waals surface area contributed by atoms with Gasteiger partial charge in [-0.05, 0) is 25.7 Å². The summed E-state index contributed by atoms with van der Waals surface area (Å²) in [7, 11) is 0. The van der Waals surface area contributed by atoms with Crippen molar-refractivity contribution in [3.63, 3.8) is 0 Å². The number of nitrogens with zero attached hydrogens (tertiary/aromatic N) is 1. The fraction of sp³-hybridized carbons (Fsp3) is 0.900. The molecular formula is C10H18N2. The van der Waals surface area contributed by atoms with Crippen LogP contribution in [0.15, 0.2) is 5.10 Å². The van der Waals surface area contributed by atoms with Gasteiger partial charge in [0, 0.05) is 17.7 Å². The average molecular weight is 166 g/mol. The van der Waals surface area contributed by atoms with Crippen LogP contribution in [-0.4, -0.2) is 12.3 Å². The van der Waals surface area contributed by atoms with Crippen LogP contribution in [0.1, 0.15) is 45.4 Å². The molecule has 68 valence electrons. The molecule has 2 aliphatic rings. The minimum atomic E-state index is 0.450. The van der Waals surface area contributed by atoms with Crippen LogP contribution in [0.25, 0.3) is 0 Å². The Morgan fingerprint density at radius 3 is 2.58 bits per heavy atom. The molecule has 0 saturated heterocycles. The Morgan fingerprint density at radius 1 is 1.33 bits per heavy atom. The van der Waals surface area contributed by atoms with Crippen molar-refractivity contribution >= 4 is 6.21 Å². The fourth-order valence-electron chi connectivity index (χ4n) is 1.68. The quantitative estimate of drug-likeness (QED) is 0.505. The molecule has 0 spiro atoms. The van der Waals surface area contributed by atoms with E-state index in [1.807, 2.05) is 0 Å². The third kappa shape index (κ3) is 1.99. The van der Waals surface area contributed by atoms with E-state index in [2.05, 4.69) is 23.7 Å². The molecule has 0 bridgehead atoms. The first kappa shape index (κ1) is 8.09. The number of nitrogens with one attached hydrogen (secondary N) is 1. The third-order valence-corrected chi connectivity index (χ3v) is 3.03. The molecule has 0 unspecified atom stereocenters. The first-order valence-corrected chi connectivity index (χ1v) is 5.08. The highest BCUT2D eigenvalue weighted by atomic mass is 15.3. The van der Waals surface area contributed by atoms with Crippen molar-refractivity contribution in [1.29, 1.82) is 0 Å². The fourth-order valence-corrected chi connectivity index (χ4v) is 1.68. The summed E-state index contributed by atoms with van der Waals surface area (Å²) in [5, 5.41) is 4.31. The van der Waals surface area contributed by atoms with E-state index in [0.717, 1.165) is 0 Å². The molecule has 12 heavy (non-hydrogen) atoms. The number of hydrogen-bond acceptors (Lipinski definition) is 2. The van der Waals surface area contributed by atoms with E-state index < -0.39 is 0 Å². The zero-order valence-electron chi connectivity index (χ0n) is 7.84. The third-order valence-electron chi connectivity index (χ3n) is 3.03. The van der Waals surface area contributed by atoms with Crippen LogP contribution in [0.5, 0.6) is 0 Å². The number of rotatable bonds is 3. The summed E-state index contributed by atoms with van der Waals surface area (Å²) in [6.45, 7) is 2.27. The van der Waals surface area contributed by atoms with E-state index in [9.17, 15) is 0 Å². The van der Waals surface area contributed by atoms with E-state index in [0.29, 0.717) is 11.5 Å². The predicted octanol–water partition coefficient (Wildman–Crippen LogP) is 2.30. The first-order chi connectivity index (χ1) is 5.79. The summed E-state index contributed by atoms with van der Waals surface area (Å²) in [5.74, 6) is 0. The molecule has 0 heterocycles. The average Bonchev–Trinajstić information content (AvgIpc) is 2.61. The lowest BCUT2D eigenvalue weighted by Gasteiger charge is -2.07. The predicted molar refractivity (Wildman–Crippen MR) is 51.2 cm³/mol. The van der Waals surface area contributed by atoms with Crippen molar-refractivity contribution in [3.05, 3.63) is 0 Å². The van der Waals surface area contributed by atoms with Gasteiger partial charge in [-0.25, -0.2) is 0 Å². The summed E-state index contributed by atoms with van der Waals surface area (Å²) in [6.07, 6.45) is 10.1. The monoisotopic (exact) mass is 166 g/mol. The van der Waals surface area contributed by atoms with E-state index >= 15 is 0 Å². The molecule has 1 N–H and O–H groups in total. The van der Waals surface area contributed by atoms with Crippen molar-refractivity contribution in [2.45, 2.75) is 51.5 Å². The van der Waals surface area contributed by atoms with E-state index in [4.69, 9.17) is 0 Å². The van der Waals surface area contributed by atoms with Gasteiger partial charge in [0.1, 0.15) is 0 Å². The summed E-state index contributed by atoms with van der Waals surface area (Å²) in [4.78, 5) is 0. The molecule has 0 aromatic rings. The summed E-state index contributed by atoms with van der Waals surface area (Å²) < 4.78 is 0. The lowest BCUT2D eigenvalue weighted by atomic mass is 10.2. The van der Waals surface area contributed by atoms with Crippen LogP contribution in [0, 0.1) is 5.41 Å². The van der Waals surface area contributed by atoms with Crippen LogP contribution in [0.3, 0.4) is 0 Å². The van der Waals surface area contributed by atoms with Crippen LogP contribution in [0.4, 0.5) is 0 Å². The normalized spacial score (nSPS) is 28.1. The van der Waals surface area contributed by atoms with E-state index in [1.54, 1.807) is 0 Å². The number of hydrogen-bond donors (Lipinski definition) is 1. The molecule has 0 atom stereocenters. The Bertz CT molecular complexity index is 176. The van der Waals surface area contributed by atoms with Crippen molar-refractivity contribution in [2.75, 3.05) is 0 Å². The second-order valence-electron chi connectivity index (χ2n) is 4.52. The molecule has 2 rings (SSSR count). The van der Waals surface area contributed by atoms with Crippen LogP contribution in [-0.2, 0) is 0 Å². The van der Waals surface area contributed by atoms with Gasteiger partial charge < -0.3 is 5.43 Å². The molecule has 2 heteroatoms. The Labute approximate surface area is 74.4 Å². The first-order valence-electron chi connectivity index (χ1n) is 5.08. The Balaban J connectivity index is 1.70. The maximum Gasteiger partial charge on any atom is 0.0440 e. The standard InChI is InChI=1S/C10H18N2/c1-10(6-7-10)8-11-12-9-4-2-3-5-9/h8-9,12H,2-7H2,1H3/b11-8+. The Hall–Kier alpha value is -0.530. The highest BCUT2D eigenvalue weighted by Crippen LogP contribution is 2.42. The molecule has 0 radical (unpaired) electrons. The lowest BCUT2D eigenvalue weighted by Crippen LogP contribution is -2.20.